The first-order chi connectivity index (χ1) is 11.1. The lowest BCUT2D eigenvalue weighted by molar-refractivity contribution is -0.138. The van der Waals surface area contributed by atoms with Crippen molar-refractivity contribution >= 4 is 34.5 Å². The summed E-state index contributed by atoms with van der Waals surface area (Å²) in [6, 6.07) is 7.90. The predicted molar refractivity (Wildman–Crippen MR) is 92.0 cm³/mol. The molecular formula is C17H20N2O3S. The van der Waals surface area contributed by atoms with Crippen LogP contribution in [0.3, 0.4) is 0 Å². The Morgan fingerprint density at radius 1 is 1.35 bits per heavy atom. The zero-order valence-corrected chi connectivity index (χ0v) is 13.9. The number of aliphatic carboxylic acids is 1. The Bertz CT molecular complexity index is 653. The maximum atomic E-state index is 12.7. The third kappa shape index (κ3) is 3.42. The number of benzene rings is 1. The van der Waals surface area contributed by atoms with Gasteiger partial charge in [0.2, 0.25) is 5.91 Å². The molecule has 0 radical (unpaired) electrons. The van der Waals surface area contributed by atoms with E-state index >= 15 is 0 Å². The summed E-state index contributed by atoms with van der Waals surface area (Å²) >= 11 is 1.29. The number of anilines is 1. The summed E-state index contributed by atoms with van der Waals surface area (Å²) < 4.78 is 0. The van der Waals surface area contributed by atoms with Gasteiger partial charge in [-0.2, -0.15) is 0 Å². The predicted octanol–water partition coefficient (Wildman–Crippen LogP) is 3.22. The fourth-order valence-corrected chi connectivity index (χ4v) is 4.26. The van der Waals surface area contributed by atoms with E-state index in [0.717, 1.165) is 24.1 Å². The molecule has 2 aliphatic rings. The fourth-order valence-electron chi connectivity index (χ4n) is 3.07. The van der Waals surface area contributed by atoms with Crippen LogP contribution in [0.4, 0.5) is 5.69 Å². The summed E-state index contributed by atoms with van der Waals surface area (Å²) in [4.78, 5) is 30.2. The van der Waals surface area contributed by atoms with E-state index in [9.17, 15) is 9.59 Å². The first kappa shape index (κ1) is 16.1. The molecule has 1 saturated carbocycles. The molecule has 1 aromatic carbocycles. The van der Waals surface area contributed by atoms with Crippen LogP contribution in [0.15, 0.2) is 29.3 Å². The molecule has 0 spiro atoms. The van der Waals surface area contributed by atoms with E-state index in [-0.39, 0.29) is 18.4 Å². The highest BCUT2D eigenvalue weighted by atomic mass is 32.2. The number of rotatable bonds is 4. The lowest BCUT2D eigenvalue weighted by Gasteiger charge is -2.19. The maximum absolute atomic E-state index is 12.7. The number of carboxylic acids is 1. The molecule has 2 fully saturated rings. The van der Waals surface area contributed by atoms with Crippen LogP contribution in [-0.4, -0.2) is 33.4 Å². The van der Waals surface area contributed by atoms with Crippen molar-refractivity contribution in [3.63, 3.8) is 0 Å². The average Bonchev–Trinajstić information content (AvgIpc) is 3.10. The minimum absolute atomic E-state index is 0.171. The summed E-state index contributed by atoms with van der Waals surface area (Å²) in [6.45, 7) is 1.95. The van der Waals surface area contributed by atoms with Crippen molar-refractivity contribution in [3.05, 3.63) is 29.8 Å². The van der Waals surface area contributed by atoms with E-state index < -0.39 is 11.2 Å². The minimum atomic E-state index is -0.956. The van der Waals surface area contributed by atoms with Gasteiger partial charge in [-0.15, -0.1) is 0 Å². The van der Waals surface area contributed by atoms with Crippen LogP contribution in [0, 0.1) is 6.92 Å². The number of carbonyl (C=O) groups is 2. The van der Waals surface area contributed by atoms with Gasteiger partial charge in [0.1, 0.15) is 5.25 Å². The van der Waals surface area contributed by atoms with E-state index in [1.807, 2.05) is 31.2 Å². The number of thioether (sulfide) groups is 1. The van der Waals surface area contributed by atoms with E-state index in [2.05, 4.69) is 0 Å². The lowest BCUT2D eigenvalue weighted by Crippen LogP contribution is -2.33. The SMILES string of the molecule is Cc1ccccc1N1C(=O)[C@H](CC(=O)O)SC1=NC1CCCC1. The molecule has 1 N–H and O–H groups in total. The van der Waals surface area contributed by atoms with Crippen molar-refractivity contribution in [1.82, 2.24) is 0 Å². The molecule has 122 valence electrons. The van der Waals surface area contributed by atoms with Gasteiger partial charge in [-0.1, -0.05) is 42.8 Å². The van der Waals surface area contributed by atoms with Crippen LogP contribution in [0.5, 0.6) is 0 Å². The monoisotopic (exact) mass is 332 g/mol. The molecular weight excluding hydrogens is 312 g/mol. The summed E-state index contributed by atoms with van der Waals surface area (Å²) in [7, 11) is 0. The van der Waals surface area contributed by atoms with Crippen LogP contribution in [0.25, 0.3) is 0 Å². The number of aryl methyl sites for hydroxylation is 1. The molecule has 1 heterocycles. The Labute approximate surface area is 139 Å². The molecule has 1 atom stereocenters. The van der Waals surface area contributed by atoms with Crippen LogP contribution < -0.4 is 4.90 Å². The van der Waals surface area contributed by atoms with Gasteiger partial charge in [0, 0.05) is 0 Å². The van der Waals surface area contributed by atoms with Gasteiger partial charge < -0.3 is 5.11 Å². The lowest BCUT2D eigenvalue weighted by atomic mass is 10.1. The highest BCUT2D eigenvalue weighted by Crippen LogP contribution is 2.36. The van der Waals surface area contributed by atoms with Crippen LogP contribution in [-0.2, 0) is 9.59 Å². The van der Waals surface area contributed by atoms with E-state index in [0.29, 0.717) is 5.17 Å². The highest BCUT2D eigenvalue weighted by Gasteiger charge is 2.41. The molecule has 1 aliphatic heterocycles. The molecule has 1 aliphatic carbocycles. The van der Waals surface area contributed by atoms with Gasteiger partial charge in [-0.05, 0) is 31.4 Å². The first-order valence-corrected chi connectivity index (χ1v) is 8.80. The Balaban J connectivity index is 1.95. The molecule has 23 heavy (non-hydrogen) atoms. The van der Waals surface area contributed by atoms with Crippen LogP contribution >= 0.6 is 11.8 Å². The van der Waals surface area contributed by atoms with Crippen molar-refractivity contribution in [3.8, 4) is 0 Å². The first-order valence-electron chi connectivity index (χ1n) is 7.92. The minimum Gasteiger partial charge on any atom is -0.481 e. The van der Waals surface area contributed by atoms with Gasteiger partial charge in [0.15, 0.2) is 5.17 Å². The van der Waals surface area contributed by atoms with Gasteiger partial charge in [-0.3, -0.25) is 19.5 Å². The third-order valence-electron chi connectivity index (χ3n) is 4.27. The smallest absolute Gasteiger partial charge is 0.305 e. The molecule has 0 bridgehead atoms. The van der Waals surface area contributed by atoms with Crippen molar-refractivity contribution in [2.45, 2.75) is 50.3 Å². The zero-order valence-electron chi connectivity index (χ0n) is 13.1. The van der Waals surface area contributed by atoms with E-state index in [1.54, 1.807) is 4.90 Å². The average molecular weight is 332 g/mol. The molecule has 1 aromatic rings. The second kappa shape index (κ2) is 6.74. The highest BCUT2D eigenvalue weighted by molar-refractivity contribution is 8.16. The number of carboxylic acid groups (broad SMARTS) is 1. The molecule has 1 saturated heterocycles. The number of amides is 1. The molecule has 6 heteroatoms. The van der Waals surface area contributed by atoms with Gasteiger partial charge in [-0.25, -0.2) is 0 Å². The second-order valence-electron chi connectivity index (χ2n) is 6.01. The van der Waals surface area contributed by atoms with Gasteiger partial charge in [0.05, 0.1) is 18.2 Å². The Morgan fingerprint density at radius 3 is 2.70 bits per heavy atom. The molecule has 0 aromatic heterocycles. The fraction of sp³-hybridized carbons (Fsp3) is 0.471. The number of carbonyl (C=O) groups excluding carboxylic acids is 1. The number of para-hydroxylation sites is 1. The molecule has 3 rings (SSSR count). The Morgan fingerprint density at radius 2 is 2.04 bits per heavy atom. The second-order valence-corrected chi connectivity index (χ2v) is 7.18. The summed E-state index contributed by atoms with van der Waals surface area (Å²) in [6.07, 6.45) is 4.26. The number of amidine groups is 1. The van der Waals surface area contributed by atoms with Crippen LogP contribution in [0.1, 0.15) is 37.7 Å². The summed E-state index contributed by atoms with van der Waals surface area (Å²) in [5.74, 6) is -1.13. The molecule has 5 nitrogen and oxygen atoms in total. The number of nitrogens with zero attached hydrogens (tertiary/aromatic N) is 2. The zero-order chi connectivity index (χ0) is 16.4. The standard InChI is InChI=1S/C17H20N2O3S/c1-11-6-2-5-9-13(11)19-16(22)14(10-15(20)21)23-17(19)18-12-7-3-4-8-12/h2,5-6,9,12,14H,3-4,7-8,10H2,1H3,(H,20,21)/t14-/m0/s1. The van der Waals surface area contributed by atoms with Crippen molar-refractivity contribution in [2.75, 3.05) is 4.90 Å². The van der Waals surface area contributed by atoms with Crippen molar-refractivity contribution in [2.24, 2.45) is 4.99 Å². The normalized spacial score (nSPS) is 23.9. The van der Waals surface area contributed by atoms with Crippen molar-refractivity contribution < 1.29 is 14.7 Å². The number of hydrogen-bond acceptors (Lipinski definition) is 4. The molecule has 1 amide bonds. The van der Waals surface area contributed by atoms with Crippen molar-refractivity contribution in [1.29, 1.82) is 0 Å². The van der Waals surface area contributed by atoms with Gasteiger partial charge in [0.25, 0.3) is 0 Å². The number of hydrogen-bond donors (Lipinski definition) is 1. The maximum Gasteiger partial charge on any atom is 0.305 e. The largest absolute Gasteiger partial charge is 0.481 e. The van der Waals surface area contributed by atoms with E-state index in [1.165, 1.54) is 24.6 Å². The summed E-state index contributed by atoms with van der Waals surface area (Å²) in [5, 5.41) is 9.11. The Kier molecular flexibility index (Phi) is 4.71. The quantitative estimate of drug-likeness (QED) is 0.919. The topological polar surface area (TPSA) is 70.0 Å². The Hall–Kier alpha value is -1.82. The summed E-state index contributed by atoms with van der Waals surface area (Å²) in [5.41, 5.74) is 1.78. The van der Waals surface area contributed by atoms with Gasteiger partial charge >= 0.3 is 5.97 Å². The number of aliphatic imine (C=N–C) groups is 1. The molecule has 0 unspecified atom stereocenters. The van der Waals surface area contributed by atoms with E-state index in [4.69, 9.17) is 10.1 Å². The third-order valence-corrected chi connectivity index (χ3v) is 5.42. The van der Waals surface area contributed by atoms with Crippen LogP contribution in [0.2, 0.25) is 0 Å².